The van der Waals surface area contributed by atoms with Gasteiger partial charge in [0.05, 0.1) is 16.6 Å². The Morgan fingerprint density at radius 2 is 1.79 bits per heavy atom. The normalized spacial score (nSPS) is 12.1. The Hall–Kier alpha value is -1.30. The van der Waals surface area contributed by atoms with E-state index < -0.39 is 6.04 Å². The van der Waals surface area contributed by atoms with E-state index in [1.807, 2.05) is 34.6 Å². The van der Waals surface area contributed by atoms with Crippen molar-refractivity contribution in [3.63, 3.8) is 0 Å². The number of carbonyl (C=O) groups excluding carboxylic acids is 2. The number of carbonyl (C=O) groups is 2. The monoisotopic (exact) mass is 375 g/mol. The highest BCUT2D eigenvalue weighted by molar-refractivity contribution is 6.34. The van der Waals surface area contributed by atoms with Crippen molar-refractivity contribution in [1.29, 1.82) is 0 Å². The van der Waals surface area contributed by atoms with E-state index in [1.54, 1.807) is 23.1 Å². The molecule has 0 unspecified atom stereocenters. The maximum atomic E-state index is 12.3. The Morgan fingerprint density at radius 1 is 1.25 bits per heavy atom. The molecule has 2 amide bonds. The predicted octanol–water partition coefficient (Wildman–Crippen LogP) is 3.56. The first-order valence-electron chi connectivity index (χ1n) is 7.77. The standard InChI is InChI=1S/C17H26ClN3O2.ClH/c1-6-21(7-2)16(23)12-9-8-11(10-13(12)18)20-15(22)14(19)17(3,4)5;/h8-10,14H,6-7,19H2,1-5H3,(H,20,22);1H/t14-;/m1./s1. The summed E-state index contributed by atoms with van der Waals surface area (Å²) in [6.07, 6.45) is 0. The van der Waals surface area contributed by atoms with Crippen molar-refractivity contribution in [1.82, 2.24) is 4.90 Å². The van der Waals surface area contributed by atoms with E-state index in [-0.39, 0.29) is 29.6 Å². The molecule has 0 aliphatic carbocycles. The minimum absolute atomic E-state index is 0. The zero-order valence-corrected chi connectivity index (χ0v) is 16.4. The summed E-state index contributed by atoms with van der Waals surface area (Å²) in [5.74, 6) is -0.402. The molecule has 0 radical (unpaired) electrons. The van der Waals surface area contributed by atoms with Crippen LogP contribution < -0.4 is 11.1 Å². The summed E-state index contributed by atoms with van der Waals surface area (Å²) in [4.78, 5) is 26.2. The van der Waals surface area contributed by atoms with Crippen LogP contribution in [0.4, 0.5) is 5.69 Å². The first-order chi connectivity index (χ1) is 10.6. The van der Waals surface area contributed by atoms with Crippen LogP contribution in [0.25, 0.3) is 0 Å². The topological polar surface area (TPSA) is 75.4 Å². The van der Waals surface area contributed by atoms with Crippen molar-refractivity contribution in [3.05, 3.63) is 28.8 Å². The van der Waals surface area contributed by atoms with Gasteiger partial charge in [-0.1, -0.05) is 32.4 Å². The smallest absolute Gasteiger partial charge is 0.255 e. The average Bonchev–Trinajstić information content (AvgIpc) is 2.46. The third-order valence-corrected chi connectivity index (χ3v) is 4.05. The van der Waals surface area contributed by atoms with Gasteiger partial charge in [0, 0.05) is 18.8 Å². The van der Waals surface area contributed by atoms with Crippen molar-refractivity contribution in [2.45, 2.75) is 40.7 Å². The Kier molecular flexibility index (Phi) is 8.75. The van der Waals surface area contributed by atoms with Crippen LogP contribution in [-0.2, 0) is 4.79 Å². The van der Waals surface area contributed by atoms with E-state index >= 15 is 0 Å². The number of rotatable bonds is 5. The maximum Gasteiger partial charge on any atom is 0.255 e. The number of benzene rings is 1. The molecule has 0 fully saturated rings. The summed E-state index contributed by atoms with van der Waals surface area (Å²) in [5, 5.41) is 3.05. The largest absolute Gasteiger partial charge is 0.339 e. The molecule has 1 atom stereocenters. The van der Waals surface area contributed by atoms with E-state index in [0.29, 0.717) is 29.4 Å². The minimum Gasteiger partial charge on any atom is -0.339 e. The fraction of sp³-hybridized carbons (Fsp3) is 0.529. The highest BCUT2D eigenvalue weighted by atomic mass is 35.5. The maximum absolute atomic E-state index is 12.3. The molecule has 136 valence electrons. The van der Waals surface area contributed by atoms with E-state index in [1.165, 1.54) is 0 Å². The third-order valence-electron chi connectivity index (χ3n) is 3.73. The molecule has 1 aromatic rings. The van der Waals surface area contributed by atoms with Crippen molar-refractivity contribution < 1.29 is 9.59 Å². The predicted molar refractivity (Wildman–Crippen MR) is 102 cm³/mol. The van der Waals surface area contributed by atoms with Crippen LogP contribution in [0.5, 0.6) is 0 Å². The first kappa shape index (κ1) is 22.7. The summed E-state index contributed by atoms with van der Waals surface area (Å²) in [6, 6.07) is 4.22. The van der Waals surface area contributed by atoms with Crippen molar-refractivity contribution >= 4 is 41.5 Å². The summed E-state index contributed by atoms with van der Waals surface area (Å²) in [6.45, 7) is 10.8. The summed E-state index contributed by atoms with van der Waals surface area (Å²) >= 11 is 6.21. The second kappa shape index (κ2) is 9.25. The number of anilines is 1. The van der Waals surface area contributed by atoms with Gasteiger partial charge in [0.15, 0.2) is 0 Å². The van der Waals surface area contributed by atoms with Gasteiger partial charge in [0.25, 0.3) is 5.91 Å². The number of hydrogen-bond donors (Lipinski definition) is 2. The van der Waals surface area contributed by atoms with Gasteiger partial charge in [-0.25, -0.2) is 0 Å². The van der Waals surface area contributed by atoms with Crippen LogP contribution in [-0.4, -0.2) is 35.8 Å². The molecule has 0 aromatic heterocycles. The molecule has 0 aliphatic rings. The molecule has 24 heavy (non-hydrogen) atoms. The van der Waals surface area contributed by atoms with Gasteiger partial charge < -0.3 is 16.0 Å². The molecule has 7 heteroatoms. The fourth-order valence-electron chi connectivity index (χ4n) is 2.06. The lowest BCUT2D eigenvalue weighted by molar-refractivity contribution is -0.119. The van der Waals surface area contributed by atoms with Crippen LogP contribution in [0.15, 0.2) is 18.2 Å². The van der Waals surface area contributed by atoms with E-state index in [9.17, 15) is 9.59 Å². The number of halogens is 2. The average molecular weight is 376 g/mol. The molecule has 0 aliphatic heterocycles. The number of nitrogens with two attached hydrogens (primary N) is 1. The second-order valence-corrected chi connectivity index (χ2v) is 6.91. The van der Waals surface area contributed by atoms with Crippen LogP contribution in [0.2, 0.25) is 5.02 Å². The van der Waals surface area contributed by atoms with Crippen LogP contribution in [0, 0.1) is 5.41 Å². The molecule has 1 rings (SSSR count). The highest BCUT2D eigenvalue weighted by Gasteiger charge is 2.27. The van der Waals surface area contributed by atoms with Crippen molar-refractivity contribution in [3.8, 4) is 0 Å². The molecule has 0 heterocycles. The molecule has 0 bridgehead atoms. The van der Waals surface area contributed by atoms with Gasteiger partial charge in [-0.3, -0.25) is 9.59 Å². The summed E-state index contributed by atoms with van der Waals surface area (Å²) in [5.41, 5.74) is 6.54. The Labute approximate surface area is 155 Å². The third kappa shape index (κ3) is 5.65. The van der Waals surface area contributed by atoms with Gasteiger partial charge in [-0.15, -0.1) is 12.4 Å². The number of nitrogens with zero attached hydrogens (tertiary/aromatic N) is 1. The second-order valence-electron chi connectivity index (χ2n) is 6.51. The van der Waals surface area contributed by atoms with Gasteiger partial charge in [-0.2, -0.15) is 0 Å². The zero-order chi connectivity index (χ0) is 17.8. The number of hydrogen-bond acceptors (Lipinski definition) is 3. The number of nitrogens with one attached hydrogen (secondary N) is 1. The van der Waals surface area contributed by atoms with Crippen molar-refractivity contribution in [2.75, 3.05) is 18.4 Å². The molecule has 0 saturated carbocycles. The quantitative estimate of drug-likeness (QED) is 0.825. The summed E-state index contributed by atoms with van der Waals surface area (Å²) in [7, 11) is 0. The SMILES string of the molecule is CCN(CC)C(=O)c1ccc(NC(=O)[C@@H](N)C(C)(C)C)cc1Cl.Cl. The van der Waals surface area contributed by atoms with Gasteiger partial charge in [0.2, 0.25) is 5.91 Å². The summed E-state index contributed by atoms with van der Waals surface area (Å²) < 4.78 is 0. The fourth-order valence-corrected chi connectivity index (χ4v) is 2.32. The van der Waals surface area contributed by atoms with Crippen molar-refractivity contribution in [2.24, 2.45) is 11.1 Å². The lowest BCUT2D eigenvalue weighted by Crippen LogP contribution is -2.45. The molecule has 3 N–H and O–H groups in total. The lowest BCUT2D eigenvalue weighted by Gasteiger charge is -2.26. The lowest BCUT2D eigenvalue weighted by atomic mass is 9.87. The number of amides is 2. The van der Waals surface area contributed by atoms with E-state index in [0.717, 1.165) is 0 Å². The molecule has 0 spiro atoms. The molecule has 0 saturated heterocycles. The first-order valence-corrected chi connectivity index (χ1v) is 8.14. The Morgan fingerprint density at radius 3 is 2.21 bits per heavy atom. The van der Waals surface area contributed by atoms with Gasteiger partial charge in [-0.05, 0) is 37.5 Å². The van der Waals surface area contributed by atoms with Gasteiger partial charge in [0.1, 0.15) is 0 Å². The molecular weight excluding hydrogens is 349 g/mol. The van der Waals surface area contributed by atoms with E-state index in [4.69, 9.17) is 17.3 Å². The van der Waals surface area contributed by atoms with Gasteiger partial charge >= 0.3 is 0 Å². The van der Waals surface area contributed by atoms with Crippen LogP contribution in [0.3, 0.4) is 0 Å². The molecular formula is C17H27Cl2N3O2. The van der Waals surface area contributed by atoms with Crippen LogP contribution in [0.1, 0.15) is 45.0 Å². The minimum atomic E-state index is -0.641. The Balaban J connectivity index is 0.00000529. The Bertz CT molecular complexity index is 582. The van der Waals surface area contributed by atoms with Crippen LogP contribution >= 0.6 is 24.0 Å². The molecule has 5 nitrogen and oxygen atoms in total. The molecule has 1 aromatic carbocycles. The van der Waals surface area contributed by atoms with E-state index in [2.05, 4.69) is 5.32 Å². The zero-order valence-electron chi connectivity index (χ0n) is 14.9. The highest BCUT2D eigenvalue weighted by Crippen LogP contribution is 2.24.